The number of alkyl carbamates (subject to hydrolysis) is 1. The molecule has 0 saturated heterocycles. The van der Waals surface area contributed by atoms with Gasteiger partial charge in [0.05, 0.1) is 23.6 Å². The van der Waals surface area contributed by atoms with Crippen LogP contribution >= 0.6 is 24.0 Å². The van der Waals surface area contributed by atoms with Gasteiger partial charge < -0.3 is 20.7 Å². The summed E-state index contributed by atoms with van der Waals surface area (Å²) in [4.78, 5) is 26.6. The number of aromatic nitrogens is 2. The predicted octanol–water partition coefficient (Wildman–Crippen LogP) is 2.27. The Morgan fingerprint density at radius 1 is 1.31 bits per heavy atom. The van der Waals surface area contributed by atoms with Gasteiger partial charge in [-0.05, 0) is 41.5 Å². The van der Waals surface area contributed by atoms with E-state index in [0.717, 1.165) is 0 Å². The van der Waals surface area contributed by atoms with Gasteiger partial charge in [-0.2, -0.15) is 5.10 Å². The van der Waals surface area contributed by atoms with Crippen LogP contribution < -0.4 is 16.0 Å². The van der Waals surface area contributed by atoms with E-state index in [0.29, 0.717) is 32.1 Å². The average molecular weight is 525 g/mol. The fraction of sp³-hybridized carbons (Fsp3) is 0.706. The number of ether oxygens (including phenoxy) is 1. The van der Waals surface area contributed by atoms with Gasteiger partial charge in [-0.25, -0.2) is 4.79 Å². The number of carbonyl (C=O) groups is 1. The number of nitrogens with one attached hydrogen (secondary N) is 3. The molecule has 1 aromatic heterocycles. The van der Waals surface area contributed by atoms with Crippen molar-refractivity contribution in [3.05, 3.63) is 22.5 Å². The van der Waals surface area contributed by atoms with E-state index in [4.69, 9.17) is 4.74 Å². The summed E-state index contributed by atoms with van der Waals surface area (Å²) in [7, 11) is 0. The third-order valence-electron chi connectivity index (χ3n) is 3.28. The maximum absolute atomic E-state index is 12.0. The number of nitrogens with zero attached hydrogens (tertiary/aromatic N) is 4. The maximum Gasteiger partial charge on any atom is 0.408 e. The number of nitro groups is 1. The van der Waals surface area contributed by atoms with E-state index in [-0.39, 0.29) is 29.7 Å². The minimum atomic E-state index is -0.604. The maximum atomic E-state index is 12.0. The number of hydrogen-bond donors (Lipinski definition) is 3. The van der Waals surface area contributed by atoms with Crippen molar-refractivity contribution in [1.29, 1.82) is 0 Å². The molecule has 3 N–H and O–H groups in total. The van der Waals surface area contributed by atoms with E-state index >= 15 is 0 Å². The molecule has 12 heteroatoms. The Labute approximate surface area is 188 Å². The average Bonchev–Trinajstić information content (AvgIpc) is 2.99. The largest absolute Gasteiger partial charge is 0.444 e. The highest BCUT2D eigenvalue weighted by Crippen LogP contribution is 2.10. The van der Waals surface area contributed by atoms with Crippen LogP contribution in [0.3, 0.4) is 0 Å². The summed E-state index contributed by atoms with van der Waals surface area (Å²) in [6.07, 6.45) is 2.09. The Bertz CT molecular complexity index is 698. The van der Waals surface area contributed by atoms with Crippen molar-refractivity contribution >= 4 is 41.7 Å². The highest BCUT2D eigenvalue weighted by Gasteiger charge is 2.24. The topological polar surface area (TPSA) is 136 Å². The van der Waals surface area contributed by atoms with Gasteiger partial charge in [0.2, 0.25) is 0 Å². The van der Waals surface area contributed by atoms with E-state index in [1.54, 1.807) is 20.8 Å². The lowest BCUT2D eigenvalue weighted by molar-refractivity contribution is -0.385. The van der Waals surface area contributed by atoms with Crippen LogP contribution in [0.1, 0.15) is 41.5 Å². The molecule has 0 aromatic carbocycles. The zero-order valence-electron chi connectivity index (χ0n) is 17.8. The Kier molecular flexibility index (Phi) is 10.9. The van der Waals surface area contributed by atoms with Crippen molar-refractivity contribution in [1.82, 2.24) is 25.7 Å². The van der Waals surface area contributed by atoms with Gasteiger partial charge in [0.15, 0.2) is 5.96 Å². The predicted molar refractivity (Wildman–Crippen MR) is 122 cm³/mol. The standard InChI is InChI=1S/C17H31N7O4.HI/c1-7-18-14(19-8-9-23-11-13(10-21-23)24(26)27)20-12-17(5,6)22-15(25)28-16(2,3)4;/h10-11H,7-9,12H2,1-6H3,(H,22,25)(H2,18,19,20);1H. The number of halogens is 1. The van der Waals surface area contributed by atoms with Gasteiger partial charge >= 0.3 is 11.8 Å². The lowest BCUT2D eigenvalue weighted by atomic mass is 10.1. The molecule has 1 rings (SSSR count). The molecule has 0 aliphatic carbocycles. The van der Waals surface area contributed by atoms with Crippen LogP contribution in [0.25, 0.3) is 0 Å². The fourth-order valence-electron chi connectivity index (χ4n) is 2.10. The van der Waals surface area contributed by atoms with Crippen LogP contribution in [-0.4, -0.2) is 57.5 Å². The van der Waals surface area contributed by atoms with Crippen molar-refractivity contribution in [3.63, 3.8) is 0 Å². The molecule has 0 bridgehead atoms. The second kappa shape index (κ2) is 11.8. The molecule has 0 aliphatic heterocycles. The van der Waals surface area contributed by atoms with E-state index < -0.39 is 22.2 Å². The third-order valence-corrected chi connectivity index (χ3v) is 3.28. The molecule has 0 fully saturated rings. The second-order valence-corrected chi connectivity index (χ2v) is 7.85. The van der Waals surface area contributed by atoms with E-state index in [1.807, 2.05) is 20.8 Å². The SMILES string of the molecule is CCNC(=NCC(C)(C)NC(=O)OC(C)(C)C)NCCn1cc([N+](=O)[O-])cn1.I. The number of aliphatic imine (C=N–C) groups is 1. The molecule has 0 spiro atoms. The number of hydrogen-bond acceptors (Lipinski definition) is 6. The zero-order valence-corrected chi connectivity index (χ0v) is 20.1. The van der Waals surface area contributed by atoms with Crippen LogP contribution in [0.4, 0.5) is 10.5 Å². The minimum Gasteiger partial charge on any atom is -0.444 e. The summed E-state index contributed by atoms with van der Waals surface area (Å²) in [6.45, 7) is 13.0. The van der Waals surface area contributed by atoms with Gasteiger partial charge in [0, 0.05) is 13.1 Å². The van der Waals surface area contributed by atoms with Crippen LogP contribution in [0.5, 0.6) is 0 Å². The molecule has 1 heterocycles. The van der Waals surface area contributed by atoms with Crippen molar-refractivity contribution in [2.75, 3.05) is 19.6 Å². The van der Waals surface area contributed by atoms with Gasteiger partial charge in [-0.15, -0.1) is 24.0 Å². The molecule has 0 saturated carbocycles. The lowest BCUT2D eigenvalue weighted by Gasteiger charge is -2.27. The van der Waals surface area contributed by atoms with E-state index in [9.17, 15) is 14.9 Å². The first-order chi connectivity index (χ1) is 12.9. The summed E-state index contributed by atoms with van der Waals surface area (Å²) in [5.74, 6) is 0.572. The van der Waals surface area contributed by atoms with Crippen molar-refractivity contribution in [2.24, 2.45) is 4.99 Å². The summed E-state index contributed by atoms with van der Waals surface area (Å²) < 4.78 is 6.76. The third kappa shape index (κ3) is 11.5. The number of rotatable bonds is 8. The van der Waals surface area contributed by atoms with Crippen LogP contribution in [0.15, 0.2) is 17.4 Å². The molecule has 1 aromatic rings. The van der Waals surface area contributed by atoms with Crippen LogP contribution in [-0.2, 0) is 11.3 Å². The van der Waals surface area contributed by atoms with E-state index in [2.05, 4.69) is 26.0 Å². The first-order valence-corrected chi connectivity index (χ1v) is 9.12. The number of guanidine groups is 1. The van der Waals surface area contributed by atoms with Gasteiger partial charge in [0.25, 0.3) is 0 Å². The van der Waals surface area contributed by atoms with Crippen molar-refractivity contribution in [2.45, 2.75) is 59.2 Å². The van der Waals surface area contributed by atoms with Crippen LogP contribution in [0, 0.1) is 10.1 Å². The van der Waals surface area contributed by atoms with Crippen molar-refractivity contribution < 1.29 is 14.5 Å². The summed E-state index contributed by atoms with van der Waals surface area (Å²) >= 11 is 0. The lowest BCUT2D eigenvalue weighted by Crippen LogP contribution is -2.49. The fourth-order valence-corrected chi connectivity index (χ4v) is 2.10. The molecular formula is C17H32IN7O4. The first-order valence-electron chi connectivity index (χ1n) is 9.12. The molecule has 0 aliphatic rings. The first kappa shape index (κ1) is 26.9. The Balaban J connectivity index is 0.00000784. The molecule has 166 valence electrons. The van der Waals surface area contributed by atoms with Crippen molar-refractivity contribution in [3.8, 4) is 0 Å². The summed E-state index contributed by atoms with van der Waals surface area (Å²) in [5, 5.41) is 23.7. The molecular weight excluding hydrogens is 493 g/mol. The van der Waals surface area contributed by atoms with Gasteiger partial charge in [-0.3, -0.25) is 19.8 Å². The molecule has 0 unspecified atom stereocenters. The minimum absolute atomic E-state index is 0. The highest BCUT2D eigenvalue weighted by atomic mass is 127. The summed E-state index contributed by atoms with van der Waals surface area (Å²) in [5.41, 5.74) is -1.22. The van der Waals surface area contributed by atoms with Gasteiger partial charge in [-0.1, -0.05) is 0 Å². The van der Waals surface area contributed by atoms with E-state index in [1.165, 1.54) is 17.1 Å². The Morgan fingerprint density at radius 2 is 1.97 bits per heavy atom. The molecule has 0 atom stereocenters. The molecule has 0 radical (unpaired) electrons. The number of amides is 1. The van der Waals surface area contributed by atoms with Crippen LogP contribution in [0.2, 0.25) is 0 Å². The molecule has 29 heavy (non-hydrogen) atoms. The molecule has 11 nitrogen and oxygen atoms in total. The second-order valence-electron chi connectivity index (χ2n) is 7.85. The Morgan fingerprint density at radius 3 is 2.48 bits per heavy atom. The quantitative estimate of drug-likeness (QED) is 0.156. The normalized spacial score (nSPS) is 12.0. The zero-order chi connectivity index (χ0) is 21.4. The molecule has 1 amide bonds. The summed E-state index contributed by atoms with van der Waals surface area (Å²) in [6, 6.07) is 0. The van der Waals surface area contributed by atoms with Gasteiger partial charge in [0.1, 0.15) is 18.0 Å². The monoisotopic (exact) mass is 525 g/mol. The number of carbonyl (C=O) groups excluding carboxylic acids is 1. The Hall–Kier alpha value is -2.12. The highest BCUT2D eigenvalue weighted by molar-refractivity contribution is 14.0. The smallest absolute Gasteiger partial charge is 0.408 e.